The average molecular weight is 282 g/mol. The number of esters is 1. The van der Waals surface area contributed by atoms with E-state index in [-0.39, 0.29) is 0 Å². The molecule has 0 unspecified atom stereocenters. The van der Waals surface area contributed by atoms with E-state index in [0.717, 1.165) is 12.8 Å². The Kier molecular flexibility index (Phi) is 6.09. The van der Waals surface area contributed by atoms with Crippen molar-refractivity contribution in [2.24, 2.45) is 5.73 Å². The number of benzene rings is 1. The topological polar surface area (TPSA) is 69.4 Å². The van der Waals surface area contributed by atoms with Crippen molar-refractivity contribution in [1.29, 1.82) is 0 Å². The van der Waals surface area contributed by atoms with Crippen molar-refractivity contribution in [3.63, 3.8) is 0 Å². The molecule has 1 rings (SSSR count). The molecule has 19 heavy (non-hydrogen) atoms. The van der Waals surface area contributed by atoms with Gasteiger partial charge in [-0.1, -0.05) is 24.9 Å². The minimum atomic E-state index is -0.573. The van der Waals surface area contributed by atoms with Gasteiger partial charge in [-0.15, -0.1) is 0 Å². The van der Waals surface area contributed by atoms with Crippen LogP contribution in [0.3, 0.4) is 0 Å². The number of primary amides is 1. The van der Waals surface area contributed by atoms with Crippen LogP contribution in [0.5, 0.6) is 0 Å². The smallest absolute Gasteiger partial charge is 0.330 e. The molecule has 0 aliphatic heterocycles. The van der Waals surface area contributed by atoms with E-state index >= 15 is 0 Å². The van der Waals surface area contributed by atoms with Gasteiger partial charge >= 0.3 is 5.97 Å². The number of carbonyl (C=O) groups is 2. The molecule has 0 saturated heterocycles. The number of halogens is 1. The molecule has 0 aliphatic carbocycles. The maximum absolute atomic E-state index is 11.4. The number of unbranched alkanes of at least 4 members (excludes halogenated alkanes) is 1. The second-order valence-electron chi connectivity index (χ2n) is 3.95. The van der Waals surface area contributed by atoms with Crippen LogP contribution in [0.1, 0.15) is 35.7 Å². The number of hydrogen-bond donors (Lipinski definition) is 1. The largest absolute Gasteiger partial charge is 0.463 e. The number of nitrogens with two attached hydrogens (primary N) is 1. The lowest BCUT2D eigenvalue weighted by Gasteiger charge is -2.03. The third kappa shape index (κ3) is 5.14. The Bertz CT molecular complexity index is 497. The van der Waals surface area contributed by atoms with Gasteiger partial charge in [-0.2, -0.15) is 0 Å². The molecule has 1 amide bonds. The highest BCUT2D eigenvalue weighted by molar-refractivity contribution is 6.30. The van der Waals surface area contributed by atoms with Crippen molar-refractivity contribution >= 4 is 29.6 Å². The fourth-order valence-electron chi connectivity index (χ4n) is 1.42. The van der Waals surface area contributed by atoms with Crippen LogP contribution in [-0.4, -0.2) is 18.5 Å². The zero-order valence-electron chi connectivity index (χ0n) is 10.7. The first-order valence-electron chi connectivity index (χ1n) is 5.98. The van der Waals surface area contributed by atoms with Gasteiger partial charge in [0.05, 0.1) is 6.61 Å². The van der Waals surface area contributed by atoms with E-state index in [0.29, 0.717) is 22.8 Å². The summed E-state index contributed by atoms with van der Waals surface area (Å²) in [6.45, 7) is 2.40. The molecular formula is C14H16ClNO3. The molecule has 5 heteroatoms. The van der Waals surface area contributed by atoms with E-state index in [9.17, 15) is 9.59 Å². The van der Waals surface area contributed by atoms with E-state index in [1.165, 1.54) is 18.2 Å². The van der Waals surface area contributed by atoms with Gasteiger partial charge in [-0.25, -0.2) is 4.79 Å². The molecule has 1 aromatic carbocycles. The van der Waals surface area contributed by atoms with Crippen LogP contribution in [0, 0.1) is 0 Å². The van der Waals surface area contributed by atoms with Crippen LogP contribution >= 0.6 is 11.6 Å². The van der Waals surface area contributed by atoms with Crippen LogP contribution in [0.4, 0.5) is 0 Å². The van der Waals surface area contributed by atoms with Gasteiger partial charge in [0.15, 0.2) is 0 Å². The minimum absolute atomic E-state index is 0.307. The van der Waals surface area contributed by atoms with E-state index in [4.69, 9.17) is 22.1 Å². The van der Waals surface area contributed by atoms with Crippen LogP contribution in [-0.2, 0) is 9.53 Å². The summed E-state index contributed by atoms with van der Waals surface area (Å²) in [5, 5.41) is 0.462. The molecule has 0 radical (unpaired) electrons. The van der Waals surface area contributed by atoms with E-state index in [1.54, 1.807) is 12.1 Å². The Morgan fingerprint density at radius 1 is 1.42 bits per heavy atom. The van der Waals surface area contributed by atoms with Crippen molar-refractivity contribution in [3.8, 4) is 0 Å². The highest BCUT2D eigenvalue weighted by Gasteiger charge is 2.07. The zero-order chi connectivity index (χ0) is 14.3. The third-order valence-corrected chi connectivity index (χ3v) is 2.66. The van der Waals surface area contributed by atoms with Crippen molar-refractivity contribution in [1.82, 2.24) is 0 Å². The summed E-state index contributed by atoms with van der Waals surface area (Å²) in [7, 11) is 0. The summed E-state index contributed by atoms with van der Waals surface area (Å²) in [5.41, 5.74) is 6.04. The Labute approximate surface area is 117 Å². The summed E-state index contributed by atoms with van der Waals surface area (Å²) in [5.74, 6) is -1.03. The number of ether oxygens (including phenoxy) is 1. The zero-order valence-corrected chi connectivity index (χ0v) is 11.4. The third-order valence-electron chi connectivity index (χ3n) is 2.42. The van der Waals surface area contributed by atoms with Gasteiger partial charge in [-0.05, 0) is 36.3 Å². The molecule has 0 aliphatic rings. The molecule has 2 N–H and O–H groups in total. The molecular weight excluding hydrogens is 266 g/mol. The van der Waals surface area contributed by atoms with E-state index < -0.39 is 11.9 Å². The molecule has 0 spiro atoms. The summed E-state index contributed by atoms with van der Waals surface area (Å²) < 4.78 is 4.96. The molecule has 0 saturated carbocycles. The molecule has 0 fully saturated rings. The SMILES string of the molecule is CCCCOC(=O)/C=C/c1cc(Cl)ccc1C(N)=O. The van der Waals surface area contributed by atoms with Crippen molar-refractivity contribution in [2.75, 3.05) is 6.61 Å². The fourth-order valence-corrected chi connectivity index (χ4v) is 1.60. The van der Waals surface area contributed by atoms with Crippen molar-refractivity contribution in [2.45, 2.75) is 19.8 Å². The van der Waals surface area contributed by atoms with E-state index in [1.807, 2.05) is 6.92 Å². The highest BCUT2D eigenvalue weighted by Crippen LogP contribution is 2.17. The van der Waals surface area contributed by atoms with Gasteiger partial charge in [0, 0.05) is 16.7 Å². The number of hydrogen-bond acceptors (Lipinski definition) is 3. The van der Waals surface area contributed by atoms with Crippen LogP contribution in [0.15, 0.2) is 24.3 Å². The minimum Gasteiger partial charge on any atom is -0.463 e. The molecule has 4 nitrogen and oxygen atoms in total. The molecule has 0 bridgehead atoms. The molecule has 0 atom stereocenters. The van der Waals surface area contributed by atoms with Gasteiger partial charge in [0.2, 0.25) is 5.91 Å². The maximum atomic E-state index is 11.4. The van der Waals surface area contributed by atoms with Crippen LogP contribution < -0.4 is 5.73 Å². The number of carbonyl (C=O) groups excluding carboxylic acids is 2. The maximum Gasteiger partial charge on any atom is 0.330 e. The van der Waals surface area contributed by atoms with Gasteiger partial charge in [-0.3, -0.25) is 4.79 Å². The highest BCUT2D eigenvalue weighted by atomic mass is 35.5. The predicted octanol–water partition coefficient (Wildman–Crippen LogP) is 2.80. The Hall–Kier alpha value is -1.81. The lowest BCUT2D eigenvalue weighted by atomic mass is 10.1. The fraction of sp³-hybridized carbons (Fsp3) is 0.286. The van der Waals surface area contributed by atoms with E-state index in [2.05, 4.69) is 0 Å². The number of rotatable bonds is 6. The van der Waals surface area contributed by atoms with Gasteiger partial charge < -0.3 is 10.5 Å². The standard InChI is InChI=1S/C14H16ClNO3/c1-2-3-8-19-13(17)7-4-10-9-11(15)5-6-12(10)14(16)18/h4-7,9H,2-3,8H2,1H3,(H2,16,18)/b7-4+. The Morgan fingerprint density at radius 2 is 2.16 bits per heavy atom. The van der Waals surface area contributed by atoms with Crippen LogP contribution in [0.25, 0.3) is 6.08 Å². The average Bonchev–Trinajstić information content (AvgIpc) is 2.36. The molecule has 0 heterocycles. The molecule has 0 aromatic heterocycles. The van der Waals surface area contributed by atoms with Crippen LogP contribution in [0.2, 0.25) is 5.02 Å². The lowest BCUT2D eigenvalue weighted by Crippen LogP contribution is -2.12. The first-order valence-corrected chi connectivity index (χ1v) is 6.36. The summed E-state index contributed by atoms with van der Waals surface area (Å²) in [4.78, 5) is 22.6. The van der Waals surface area contributed by atoms with Crippen molar-refractivity contribution < 1.29 is 14.3 Å². The predicted molar refractivity (Wildman–Crippen MR) is 74.9 cm³/mol. The first kappa shape index (κ1) is 15.2. The summed E-state index contributed by atoms with van der Waals surface area (Å²) in [6.07, 6.45) is 4.51. The van der Waals surface area contributed by atoms with Gasteiger partial charge in [0.25, 0.3) is 0 Å². The monoisotopic (exact) mass is 281 g/mol. The Morgan fingerprint density at radius 3 is 2.79 bits per heavy atom. The molecule has 102 valence electrons. The summed E-state index contributed by atoms with van der Waals surface area (Å²) >= 11 is 5.84. The number of amides is 1. The normalized spacial score (nSPS) is 10.6. The van der Waals surface area contributed by atoms with Crippen molar-refractivity contribution in [3.05, 3.63) is 40.4 Å². The lowest BCUT2D eigenvalue weighted by molar-refractivity contribution is -0.137. The second-order valence-corrected chi connectivity index (χ2v) is 4.39. The van der Waals surface area contributed by atoms with Gasteiger partial charge in [0.1, 0.15) is 0 Å². The molecule has 1 aromatic rings. The summed E-state index contributed by atoms with van der Waals surface area (Å²) in [6, 6.07) is 4.66. The Balaban J connectivity index is 2.77. The quantitative estimate of drug-likeness (QED) is 0.495. The first-order chi connectivity index (χ1) is 9.04. The second kappa shape index (κ2) is 7.59.